The largest absolute Gasteiger partial charge is 0.494 e. The molecule has 0 radical (unpaired) electrons. The van der Waals surface area contributed by atoms with Gasteiger partial charge in [-0.15, -0.1) is 5.10 Å². The molecule has 8 nitrogen and oxygen atoms in total. The number of rotatable bonds is 7. The Morgan fingerprint density at radius 2 is 1.90 bits per heavy atom. The molecule has 2 aromatic carbocycles. The summed E-state index contributed by atoms with van der Waals surface area (Å²) in [7, 11) is 0. The highest BCUT2D eigenvalue weighted by Gasteiger charge is 2.12. The summed E-state index contributed by atoms with van der Waals surface area (Å²) < 4.78 is 7.40. The molecule has 2 heterocycles. The third-order valence-corrected chi connectivity index (χ3v) is 5.42. The van der Waals surface area contributed by atoms with Crippen LogP contribution in [0.3, 0.4) is 0 Å². The van der Waals surface area contributed by atoms with E-state index in [4.69, 9.17) is 4.74 Å². The molecule has 0 bridgehead atoms. The van der Waals surface area contributed by atoms with Gasteiger partial charge >= 0.3 is 0 Å². The summed E-state index contributed by atoms with van der Waals surface area (Å²) in [4.78, 5) is 27.9. The second-order valence-corrected chi connectivity index (χ2v) is 7.63. The first-order valence-electron chi connectivity index (χ1n) is 9.44. The number of hydrogen-bond acceptors (Lipinski definition) is 7. The van der Waals surface area contributed by atoms with Crippen LogP contribution in [0.1, 0.15) is 25.3 Å². The lowest BCUT2D eigenvalue weighted by Crippen LogP contribution is -2.23. The second-order valence-electron chi connectivity index (χ2n) is 6.62. The third kappa shape index (κ3) is 4.06. The molecule has 0 aliphatic rings. The van der Waals surface area contributed by atoms with E-state index >= 15 is 0 Å². The van der Waals surface area contributed by atoms with Crippen molar-refractivity contribution in [2.45, 2.75) is 19.8 Å². The monoisotopic (exact) mass is 422 g/mol. The Hall–Kier alpha value is -3.59. The van der Waals surface area contributed by atoms with Crippen LogP contribution in [0.4, 0.5) is 5.69 Å². The molecule has 0 saturated heterocycles. The fourth-order valence-electron chi connectivity index (χ4n) is 2.83. The standard InChI is InChI=1S/C21H18N4O4S/c1-2-3-12-29-17-10-6-15(7-11-17)19-22-21-24(23-19)20(26)18(30-21)13-14-4-8-16(9-5-14)25(27)28/h4-11,13H,2-3,12H2,1H3/b18-13-. The lowest BCUT2D eigenvalue weighted by Gasteiger charge is -2.05. The predicted molar refractivity (Wildman–Crippen MR) is 115 cm³/mol. The molecule has 0 amide bonds. The van der Waals surface area contributed by atoms with E-state index in [2.05, 4.69) is 17.0 Å². The fraction of sp³-hybridized carbons (Fsp3) is 0.190. The predicted octanol–water partition coefficient (Wildman–Crippen LogP) is 3.45. The Bertz CT molecular complexity index is 1290. The molecule has 0 saturated carbocycles. The first-order valence-corrected chi connectivity index (χ1v) is 10.3. The first kappa shape index (κ1) is 19.7. The van der Waals surface area contributed by atoms with Gasteiger partial charge in [0.25, 0.3) is 11.2 Å². The normalized spacial score (nSPS) is 11.8. The molecule has 0 spiro atoms. The van der Waals surface area contributed by atoms with Gasteiger partial charge in [-0.05, 0) is 54.5 Å². The quantitative estimate of drug-likeness (QED) is 0.257. The molecule has 9 heteroatoms. The third-order valence-electron chi connectivity index (χ3n) is 4.46. The topological polar surface area (TPSA) is 99.6 Å². The number of benzene rings is 2. The number of nitrogens with zero attached hydrogens (tertiary/aromatic N) is 4. The Kier molecular flexibility index (Phi) is 5.53. The highest BCUT2D eigenvalue weighted by Crippen LogP contribution is 2.20. The van der Waals surface area contributed by atoms with Crippen molar-refractivity contribution in [1.29, 1.82) is 0 Å². The van der Waals surface area contributed by atoms with Gasteiger partial charge < -0.3 is 4.74 Å². The Labute approximate surface area is 175 Å². The van der Waals surface area contributed by atoms with E-state index in [1.807, 2.05) is 24.3 Å². The van der Waals surface area contributed by atoms with Crippen LogP contribution in [0.5, 0.6) is 5.75 Å². The highest BCUT2D eigenvalue weighted by atomic mass is 32.1. The van der Waals surface area contributed by atoms with Crippen molar-refractivity contribution in [2.24, 2.45) is 0 Å². The zero-order valence-corrected chi connectivity index (χ0v) is 17.0. The van der Waals surface area contributed by atoms with Crippen LogP contribution < -0.4 is 14.8 Å². The molecule has 0 aliphatic heterocycles. The van der Waals surface area contributed by atoms with Gasteiger partial charge in [-0.3, -0.25) is 14.9 Å². The maximum atomic E-state index is 12.7. The fourth-order valence-corrected chi connectivity index (χ4v) is 3.74. The van der Waals surface area contributed by atoms with Gasteiger partial charge in [0.2, 0.25) is 4.96 Å². The maximum Gasteiger partial charge on any atom is 0.291 e. The van der Waals surface area contributed by atoms with E-state index in [0.717, 1.165) is 24.2 Å². The van der Waals surface area contributed by atoms with Crippen molar-refractivity contribution in [1.82, 2.24) is 14.6 Å². The minimum Gasteiger partial charge on any atom is -0.494 e. The van der Waals surface area contributed by atoms with E-state index in [1.165, 1.54) is 28.0 Å². The number of ether oxygens (including phenoxy) is 1. The number of nitro groups is 1. The zero-order valence-electron chi connectivity index (χ0n) is 16.1. The van der Waals surface area contributed by atoms with E-state index in [1.54, 1.807) is 18.2 Å². The van der Waals surface area contributed by atoms with Crippen molar-refractivity contribution < 1.29 is 9.66 Å². The van der Waals surface area contributed by atoms with Gasteiger partial charge in [0.05, 0.1) is 16.1 Å². The molecule has 0 aliphatic carbocycles. The minimum atomic E-state index is -0.461. The number of fused-ring (bicyclic) bond motifs is 1. The highest BCUT2D eigenvalue weighted by molar-refractivity contribution is 7.15. The molecule has 4 rings (SSSR count). The van der Waals surface area contributed by atoms with E-state index in [9.17, 15) is 14.9 Å². The Morgan fingerprint density at radius 3 is 2.53 bits per heavy atom. The molecule has 4 aromatic rings. The molecule has 0 N–H and O–H groups in total. The Morgan fingerprint density at radius 1 is 1.17 bits per heavy atom. The van der Waals surface area contributed by atoms with Crippen molar-refractivity contribution >= 4 is 28.1 Å². The maximum absolute atomic E-state index is 12.7. The smallest absolute Gasteiger partial charge is 0.291 e. The first-order chi connectivity index (χ1) is 14.5. The van der Waals surface area contributed by atoms with Gasteiger partial charge in [0.15, 0.2) is 5.82 Å². The average molecular weight is 422 g/mol. The lowest BCUT2D eigenvalue weighted by molar-refractivity contribution is -0.384. The van der Waals surface area contributed by atoms with Crippen LogP contribution in [0, 0.1) is 10.1 Å². The van der Waals surface area contributed by atoms with Crippen LogP contribution in [0.15, 0.2) is 53.3 Å². The number of aromatic nitrogens is 3. The summed E-state index contributed by atoms with van der Waals surface area (Å²) in [5.74, 6) is 1.26. The van der Waals surface area contributed by atoms with Crippen molar-refractivity contribution in [3.8, 4) is 17.1 Å². The number of unbranched alkanes of at least 4 members (excludes halogenated alkanes) is 1. The van der Waals surface area contributed by atoms with Crippen LogP contribution in [-0.2, 0) is 0 Å². The van der Waals surface area contributed by atoms with E-state index in [-0.39, 0.29) is 11.2 Å². The average Bonchev–Trinajstić information content (AvgIpc) is 3.29. The molecule has 0 atom stereocenters. The van der Waals surface area contributed by atoms with Crippen LogP contribution in [-0.4, -0.2) is 26.1 Å². The SMILES string of the molecule is CCCCOc1ccc(-c2nc3s/c(=C\c4ccc([N+](=O)[O-])cc4)c(=O)n3n2)cc1. The summed E-state index contributed by atoms with van der Waals surface area (Å²) in [6, 6.07) is 13.5. The lowest BCUT2D eigenvalue weighted by atomic mass is 10.2. The number of nitro benzene ring substituents is 1. The van der Waals surface area contributed by atoms with Gasteiger partial charge in [0, 0.05) is 17.7 Å². The molecule has 30 heavy (non-hydrogen) atoms. The van der Waals surface area contributed by atoms with E-state index < -0.39 is 4.92 Å². The number of non-ortho nitro benzene ring substituents is 1. The molecule has 0 unspecified atom stereocenters. The molecular formula is C21H18N4O4S. The second kappa shape index (κ2) is 8.42. The van der Waals surface area contributed by atoms with Gasteiger partial charge in [-0.25, -0.2) is 0 Å². The molecule has 2 aromatic heterocycles. The number of thiazole rings is 1. The summed E-state index contributed by atoms with van der Waals surface area (Å²) >= 11 is 1.22. The summed E-state index contributed by atoms with van der Waals surface area (Å²) in [6.45, 7) is 2.80. The van der Waals surface area contributed by atoms with Crippen LogP contribution in [0.25, 0.3) is 22.4 Å². The van der Waals surface area contributed by atoms with Gasteiger partial charge in [0.1, 0.15) is 5.75 Å². The van der Waals surface area contributed by atoms with E-state index in [0.29, 0.717) is 27.5 Å². The van der Waals surface area contributed by atoms with Crippen LogP contribution >= 0.6 is 11.3 Å². The summed E-state index contributed by atoms with van der Waals surface area (Å²) in [5, 5.41) is 15.1. The summed E-state index contributed by atoms with van der Waals surface area (Å²) in [6.07, 6.45) is 3.76. The molecule has 152 valence electrons. The zero-order chi connectivity index (χ0) is 21.1. The summed E-state index contributed by atoms with van der Waals surface area (Å²) in [5.41, 5.74) is 1.23. The van der Waals surface area contributed by atoms with Crippen molar-refractivity contribution in [3.05, 3.63) is 79.1 Å². The van der Waals surface area contributed by atoms with Crippen LogP contribution in [0.2, 0.25) is 0 Å². The Balaban J connectivity index is 1.59. The molecular weight excluding hydrogens is 404 g/mol. The van der Waals surface area contributed by atoms with Gasteiger partial charge in [-0.2, -0.15) is 9.50 Å². The molecule has 0 fully saturated rings. The number of hydrogen-bond donors (Lipinski definition) is 0. The minimum absolute atomic E-state index is 0.00331. The van der Waals surface area contributed by atoms with Crippen molar-refractivity contribution in [3.63, 3.8) is 0 Å². The van der Waals surface area contributed by atoms with Crippen molar-refractivity contribution in [2.75, 3.05) is 6.61 Å². The van der Waals surface area contributed by atoms with Gasteiger partial charge in [-0.1, -0.05) is 24.7 Å².